The summed E-state index contributed by atoms with van der Waals surface area (Å²) < 4.78 is 5.83. The van der Waals surface area contributed by atoms with E-state index in [1.807, 2.05) is 63.5 Å². The van der Waals surface area contributed by atoms with Crippen LogP contribution in [0, 0.1) is 18.3 Å². The number of nitrogens with one attached hydrogen (secondary N) is 2. The highest BCUT2D eigenvalue weighted by molar-refractivity contribution is 7.13. The van der Waals surface area contributed by atoms with E-state index in [9.17, 15) is 14.7 Å². The lowest BCUT2D eigenvalue weighted by molar-refractivity contribution is -0.141. The van der Waals surface area contributed by atoms with Gasteiger partial charge in [0.1, 0.15) is 12.0 Å². The molecule has 0 aliphatic carbocycles. The minimum Gasteiger partial charge on any atom is -0.391 e. The zero-order valence-electron chi connectivity index (χ0n) is 26.8. The highest BCUT2D eigenvalue weighted by Crippen LogP contribution is 2.41. The Morgan fingerprint density at radius 2 is 1.82 bits per heavy atom. The van der Waals surface area contributed by atoms with Crippen molar-refractivity contribution in [2.75, 3.05) is 37.6 Å². The van der Waals surface area contributed by atoms with Crippen molar-refractivity contribution >= 4 is 29.0 Å². The summed E-state index contributed by atoms with van der Waals surface area (Å²) in [5.74, 6) is 0.112. The van der Waals surface area contributed by atoms with Crippen LogP contribution < -0.4 is 15.5 Å². The number of hydrogen-bond donors (Lipinski definition) is 3. The molecule has 45 heavy (non-hydrogen) atoms. The number of β-amino-alcohol motifs (C(OH)–C–C–N with tert-alkyl or cyclic N) is 1. The molecule has 3 N–H and O–H groups in total. The minimum atomic E-state index is -0.768. The van der Waals surface area contributed by atoms with Gasteiger partial charge in [0, 0.05) is 32.1 Å². The summed E-state index contributed by atoms with van der Waals surface area (Å²) >= 11 is 1.61. The van der Waals surface area contributed by atoms with E-state index in [0.29, 0.717) is 11.2 Å². The molecule has 242 valence electrons. The average Bonchev–Trinajstić information content (AvgIpc) is 3.78. The third-order valence-corrected chi connectivity index (χ3v) is 11.2. The average molecular weight is 635 g/mol. The van der Waals surface area contributed by atoms with Crippen LogP contribution in [0.5, 0.6) is 0 Å². The molecule has 11 heteroatoms. The van der Waals surface area contributed by atoms with Gasteiger partial charge in [-0.1, -0.05) is 43.3 Å². The third-order valence-electron chi connectivity index (χ3n) is 10.2. The number of piperidine rings is 2. The fraction of sp³-hybridized carbons (Fsp3) is 0.588. The van der Waals surface area contributed by atoms with Crippen molar-refractivity contribution in [3.63, 3.8) is 0 Å². The second-order valence-electron chi connectivity index (χ2n) is 13.6. The maximum atomic E-state index is 14.1. The second kappa shape index (κ2) is 13.2. The number of carbonyl (C=O) groups is 2. The lowest BCUT2D eigenvalue weighted by Gasteiger charge is -2.44. The lowest BCUT2D eigenvalue weighted by Crippen LogP contribution is -2.48. The standard InChI is InChI=1S/C34H46N6O4S/c1-21(2)30(28-18-29(38-44-28)39-15-11-34(12-16-39)9-13-35-14-10-34)33(43)40-19-26(41)17-27(40)32(42)37-22(3)24-5-7-25(8-6-24)31-23(4)36-20-45-31/h5-8,18,20-22,26-27,30,35,41H,9-17,19H2,1-4H3,(H,37,42)/t22?,26-,27+,30?/m1/s1. The van der Waals surface area contributed by atoms with Crippen LogP contribution >= 0.6 is 11.3 Å². The minimum absolute atomic E-state index is 0.0845. The number of aliphatic hydroxyl groups excluding tert-OH is 1. The zero-order valence-corrected chi connectivity index (χ0v) is 27.6. The molecule has 4 atom stereocenters. The van der Waals surface area contributed by atoms with Crippen LogP contribution in [0.1, 0.15) is 81.9 Å². The van der Waals surface area contributed by atoms with Crippen molar-refractivity contribution in [3.05, 3.63) is 52.9 Å². The summed E-state index contributed by atoms with van der Waals surface area (Å²) in [6.07, 6.45) is 4.16. The first-order chi connectivity index (χ1) is 21.6. The molecular weight excluding hydrogens is 588 g/mol. The number of nitrogens with zero attached hydrogens (tertiary/aromatic N) is 4. The van der Waals surface area contributed by atoms with Crippen molar-refractivity contribution in [1.29, 1.82) is 0 Å². The summed E-state index contributed by atoms with van der Waals surface area (Å²) in [5, 5.41) is 21.6. The summed E-state index contributed by atoms with van der Waals surface area (Å²) in [6, 6.07) is 8.98. The van der Waals surface area contributed by atoms with E-state index in [4.69, 9.17) is 4.52 Å². The molecule has 0 radical (unpaired) electrons. The van der Waals surface area contributed by atoms with Crippen molar-refractivity contribution in [1.82, 2.24) is 25.7 Å². The Bertz CT molecular complexity index is 1470. The molecule has 2 amide bonds. The Balaban J connectivity index is 1.11. The number of anilines is 1. The highest BCUT2D eigenvalue weighted by Gasteiger charge is 2.44. The molecule has 6 rings (SSSR count). The first-order valence-corrected chi connectivity index (χ1v) is 17.2. The number of amides is 2. The first-order valence-electron chi connectivity index (χ1n) is 16.4. The highest BCUT2D eigenvalue weighted by atomic mass is 32.1. The first kappa shape index (κ1) is 31.7. The monoisotopic (exact) mass is 634 g/mol. The molecule has 1 aromatic carbocycles. The molecule has 0 saturated carbocycles. The van der Waals surface area contributed by atoms with Crippen molar-refractivity contribution < 1.29 is 19.2 Å². The van der Waals surface area contributed by atoms with E-state index >= 15 is 0 Å². The SMILES string of the molecule is Cc1ncsc1-c1ccc(C(C)NC(=O)[C@@H]2C[C@@H](O)CN2C(=O)C(c2cc(N3CCC4(CCNCC4)CC3)no2)C(C)C)cc1. The van der Waals surface area contributed by atoms with Crippen molar-refractivity contribution in [2.24, 2.45) is 11.3 Å². The summed E-state index contributed by atoms with van der Waals surface area (Å²) in [4.78, 5) is 37.0. The predicted molar refractivity (Wildman–Crippen MR) is 175 cm³/mol. The van der Waals surface area contributed by atoms with Crippen LogP contribution in [0.4, 0.5) is 5.82 Å². The Hall–Kier alpha value is -3.28. The van der Waals surface area contributed by atoms with Gasteiger partial charge in [-0.15, -0.1) is 11.3 Å². The van der Waals surface area contributed by atoms with Crippen LogP contribution in [0.25, 0.3) is 10.4 Å². The van der Waals surface area contributed by atoms with Gasteiger partial charge in [0.15, 0.2) is 11.6 Å². The van der Waals surface area contributed by atoms with Gasteiger partial charge in [-0.2, -0.15) is 0 Å². The molecule has 3 aliphatic rings. The number of carbonyl (C=O) groups excluding carboxylic acids is 2. The van der Waals surface area contributed by atoms with Gasteiger partial charge in [0.2, 0.25) is 11.8 Å². The molecule has 3 aliphatic heterocycles. The number of benzene rings is 1. The molecule has 0 bridgehead atoms. The molecule has 3 saturated heterocycles. The molecule has 3 aromatic rings. The smallest absolute Gasteiger partial charge is 0.243 e. The number of hydrogen-bond acceptors (Lipinski definition) is 9. The van der Waals surface area contributed by atoms with Gasteiger partial charge < -0.3 is 30.1 Å². The lowest BCUT2D eigenvalue weighted by atomic mass is 9.71. The predicted octanol–water partition coefficient (Wildman–Crippen LogP) is 4.66. The van der Waals surface area contributed by atoms with Gasteiger partial charge in [0.25, 0.3) is 0 Å². The van der Waals surface area contributed by atoms with Gasteiger partial charge in [-0.25, -0.2) is 4.98 Å². The quantitative estimate of drug-likeness (QED) is 0.327. The van der Waals surface area contributed by atoms with Crippen LogP contribution in [0.2, 0.25) is 0 Å². The number of thiazole rings is 1. The molecule has 2 aromatic heterocycles. The number of aromatic nitrogens is 2. The largest absolute Gasteiger partial charge is 0.391 e. The Morgan fingerprint density at radius 1 is 1.11 bits per heavy atom. The van der Waals surface area contributed by atoms with Crippen LogP contribution in [-0.2, 0) is 9.59 Å². The Labute approximate surface area is 269 Å². The zero-order chi connectivity index (χ0) is 31.7. The van der Waals surface area contributed by atoms with E-state index in [2.05, 4.69) is 25.7 Å². The maximum Gasteiger partial charge on any atom is 0.243 e. The second-order valence-corrected chi connectivity index (χ2v) is 14.4. The van der Waals surface area contributed by atoms with Crippen LogP contribution in [-0.4, -0.2) is 76.8 Å². The van der Waals surface area contributed by atoms with Crippen molar-refractivity contribution in [3.8, 4) is 10.4 Å². The summed E-state index contributed by atoms with van der Waals surface area (Å²) in [6.45, 7) is 12.0. The topological polar surface area (TPSA) is 124 Å². The fourth-order valence-electron chi connectivity index (χ4n) is 7.36. The number of aryl methyl sites for hydroxylation is 1. The Kier molecular flexibility index (Phi) is 9.31. The molecular formula is C34H46N6O4S. The van der Waals surface area contributed by atoms with E-state index < -0.39 is 18.1 Å². The summed E-state index contributed by atoms with van der Waals surface area (Å²) in [5.41, 5.74) is 5.32. The number of rotatable bonds is 8. The number of aliphatic hydroxyl groups is 1. The molecule has 1 spiro atoms. The Morgan fingerprint density at radius 3 is 2.47 bits per heavy atom. The van der Waals surface area contributed by atoms with Gasteiger partial charge in [-0.3, -0.25) is 9.59 Å². The molecule has 5 heterocycles. The van der Waals surface area contributed by atoms with E-state index in [0.717, 1.165) is 66.5 Å². The third kappa shape index (κ3) is 6.66. The van der Waals surface area contributed by atoms with Crippen LogP contribution in [0.3, 0.4) is 0 Å². The van der Waals surface area contributed by atoms with E-state index in [-0.39, 0.29) is 36.7 Å². The fourth-order valence-corrected chi connectivity index (χ4v) is 8.17. The molecule has 10 nitrogen and oxygen atoms in total. The summed E-state index contributed by atoms with van der Waals surface area (Å²) in [7, 11) is 0. The maximum absolute atomic E-state index is 14.1. The van der Waals surface area contributed by atoms with Crippen molar-refractivity contribution in [2.45, 2.75) is 83.9 Å². The number of likely N-dealkylation sites (tertiary alicyclic amines) is 1. The van der Waals surface area contributed by atoms with Gasteiger partial charge in [-0.05, 0) is 75.1 Å². The normalized spacial score (nSPS) is 23.0. The van der Waals surface area contributed by atoms with E-state index in [1.54, 1.807) is 11.3 Å². The molecule has 2 unspecified atom stereocenters. The van der Waals surface area contributed by atoms with Gasteiger partial charge in [0.05, 0.1) is 28.2 Å². The molecule has 3 fully saturated rings. The van der Waals surface area contributed by atoms with E-state index in [1.165, 1.54) is 17.7 Å². The van der Waals surface area contributed by atoms with Gasteiger partial charge >= 0.3 is 0 Å². The van der Waals surface area contributed by atoms with Crippen LogP contribution in [0.15, 0.2) is 40.4 Å².